The molecule has 0 atom stereocenters. The molecule has 1 aromatic carbocycles. The van der Waals surface area contributed by atoms with Gasteiger partial charge in [-0.15, -0.1) is 0 Å². The highest BCUT2D eigenvalue weighted by atomic mass is 16.6. The fourth-order valence-corrected chi connectivity index (χ4v) is 1.71. The number of carbonyl (C=O) groups excluding carboxylic acids is 1. The van der Waals surface area contributed by atoms with Crippen LogP contribution in [0.2, 0.25) is 0 Å². The molecule has 4 nitrogen and oxygen atoms in total. The largest absolute Gasteiger partial charge is 0.412 e. The number of nitrogens with one attached hydrogen (secondary N) is 1. The van der Waals surface area contributed by atoms with E-state index in [1.807, 2.05) is 24.3 Å². The Bertz CT molecular complexity index is 551. The van der Waals surface area contributed by atoms with Crippen molar-refractivity contribution in [3.63, 3.8) is 0 Å². The number of benzene rings is 1. The summed E-state index contributed by atoms with van der Waals surface area (Å²) in [6, 6.07) is 7.72. The van der Waals surface area contributed by atoms with Gasteiger partial charge in [-0.25, -0.2) is 4.79 Å². The molecule has 4 heteroatoms. The summed E-state index contributed by atoms with van der Waals surface area (Å²) in [5.41, 5.74) is 1.70. The maximum Gasteiger partial charge on any atom is 0.412 e. The minimum atomic E-state index is -0.416. The predicted molar refractivity (Wildman–Crippen MR) is 54.6 cm³/mol. The number of fused-ring (bicyclic) bond motifs is 3. The summed E-state index contributed by atoms with van der Waals surface area (Å²) >= 11 is 0. The molecule has 15 heavy (non-hydrogen) atoms. The molecule has 2 aromatic rings. The lowest BCUT2D eigenvalue weighted by atomic mass is 10.1. The van der Waals surface area contributed by atoms with Crippen molar-refractivity contribution in [3.8, 4) is 5.75 Å². The summed E-state index contributed by atoms with van der Waals surface area (Å²) in [5.74, 6) is 0.580. The number of pyridine rings is 1. The number of amides is 1. The maximum atomic E-state index is 11.1. The van der Waals surface area contributed by atoms with Crippen molar-refractivity contribution in [2.45, 2.75) is 6.54 Å². The van der Waals surface area contributed by atoms with Gasteiger partial charge >= 0.3 is 6.09 Å². The minimum absolute atomic E-state index is 0.416. The monoisotopic (exact) mass is 200 g/mol. The van der Waals surface area contributed by atoms with E-state index in [1.165, 1.54) is 0 Å². The van der Waals surface area contributed by atoms with Crippen molar-refractivity contribution in [1.29, 1.82) is 0 Å². The van der Waals surface area contributed by atoms with Crippen molar-refractivity contribution >= 4 is 17.0 Å². The summed E-state index contributed by atoms with van der Waals surface area (Å²) in [6.45, 7) is 0.501. The highest BCUT2D eigenvalue weighted by Crippen LogP contribution is 2.29. The molecular weight excluding hydrogens is 192 g/mol. The number of hydrogen-bond acceptors (Lipinski definition) is 3. The zero-order valence-electron chi connectivity index (χ0n) is 7.86. The van der Waals surface area contributed by atoms with Crippen LogP contribution in [0, 0.1) is 0 Å². The second-order valence-electron chi connectivity index (χ2n) is 3.37. The number of nitrogens with zero attached hydrogens (tertiary/aromatic N) is 1. The van der Waals surface area contributed by atoms with Gasteiger partial charge in [-0.05, 0) is 6.07 Å². The lowest BCUT2D eigenvalue weighted by molar-refractivity contribution is 0.195. The van der Waals surface area contributed by atoms with Crippen molar-refractivity contribution in [2.75, 3.05) is 0 Å². The van der Waals surface area contributed by atoms with Crippen LogP contribution in [-0.4, -0.2) is 11.1 Å². The van der Waals surface area contributed by atoms with E-state index in [1.54, 1.807) is 6.20 Å². The van der Waals surface area contributed by atoms with Gasteiger partial charge in [0.05, 0.1) is 0 Å². The van der Waals surface area contributed by atoms with Gasteiger partial charge in [0.15, 0.2) is 5.75 Å². The normalized spacial score (nSPS) is 14.3. The smallest absolute Gasteiger partial charge is 0.408 e. The van der Waals surface area contributed by atoms with Gasteiger partial charge < -0.3 is 10.1 Å². The van der Waals surface area contributed by atoms with Gasteiger partial charge in [-0.2, -0.15) is 0 Å². The van der Waals surface area contributed by atoms with E-state index in [4.69, 9.17) is 4.74 Å². The molecule has 0 spiro atoms. The summed E-state index contributed by atoms with van der Waals surface area (Å²) in [5, 5.41) is 3.59. The molecule has 74 valence electrons. The minimum Gasteiger partial charge on any atom is -0.408 e. The number of ether oxygens (including phenoxy) is 1. The number of rotatable bonds is 0. The molecule has 0 unspecified atom stereocenters. The molecule has 1 aliphatic heterocycles. The SMILES string of the molecule is O=C1NCc2ccc3cccnc3c2O1. The molecule has 3 rings (SSSR count). The van der Waals surface area contributed by atoms with Crippen LogP contribution < -0.4 is 10.1 Å². The van der Waals surface area contributed by atoms with Crippen molar-refractivity contribution in [2.24, 2.45) is 0 Å². The average Bonchev–Trinajstić information content (AvgIpc) is 2.29. The molecule has 0 bridgehead atoms. The quantitative estimate of drug-likeness (QED) is 0.705. The molecule has 0 saturated heterocycles. The summed E-state index contributed by atoms with van der Waals surface area (Å²) in [6.07, 6.45) is 1.28. The van der Waals surface area contributed by atoms with Gasteiger partial charge in [0.1, 0.15) is 5.52 Å². The van der Waals surface area contributed by atoms with Crippen molar-refractivity contribution < 1.29 is 9.53 Å². The van der Waals surface area contributed by atoms with Gasteiger partial charge in [0.2, 0.25) is 0 Å². The zero-order chi connectivity index (χ0) is 10.3. The Morgan fingerprint density at radius 3 is 3.20 bits per heavy atom. The maximum absolute atomic E-state index is 11.1. The van der Waals surface area contributed by atoms with Gasteiger partial charge in [0, 0.05) is 23.7 Å². The average molecular weight is 200 g/mol. The van der Waals surface area contributed by atoms with E-state index in [9.17, 15) is 4.79 Å². The molecule has 1 amide bonds. The van der Waals surface area contributed by atoms with Crippen LogP contribution in [0.1, 0.15) is 5.56 Å². The van der Waals surface area contributed by atoms with Crippen molar-refractivity contribution in [3.05, 3.63) is 36.0 Å². The van der Waals surface area contributed by atoms with E-state index >= 15 is 0 Å². The molecule has 1 N–H and O–H groups in total. The Kier molecular flexibility index (Phi) is 1.62. The second-order valence-corrected chi connectivity index (χ2v) is 3.37. The zero-order valence-corrected chi connectivity index (χ0v) is 7.86. The van der Waals surface area contributed by atoms with Gasteiger partial charge in [0.25, 0.3) is 0 Å². The Labute approximate surface area is 85.9 Å². The van der Waals surface area contributed by atoms with Crippen LogP contribution >= 0.6 is 0 Å². The third kappa shape index (κ3) is 1.22. The highest BCUT2D eigenvalue weighted by Gasteiger charge is 2.18. The van der Waals surface area contributed by atoms with Crippen molar-refractivity contribution in [1.82, 2.24) is 10.3 Å². The van der Waals surface area contributed by atoms with Gasteiger partial charge in [-0.1, -0.05) is 18.2 Å². The molecule has 0 aliphatic carbocycles. The lowest BCUT2D eigenvalue weighted by Crippen LogP contribution is -2.31. The Hall–Kier alpha value is -2.10. The molecule has 0 saturated carbocycles. The van der Waals surface area contributed by atoms with Crippen LogP contribution in [0.5, 0.6) is 5.75 Å². The lowest BCUT2D eigenvalue weighted by Gasteiger charge is -2.17. The predicted octanol–water partition coefficient (Wildman–Crippen LogP) is 1.84. The fourth-order valence-electron chi connectivity index (χ4n) is 1.71. The first-order chi connectivity index (χ1) is 7.34. The van der Waals surface area contributed by atoms with Crippen LogP contribution in [0.3, 0.4) is 0 Å². The van der Waals surface area contributed by atoms with Crippen LogP contribution in [-0.2, 0) is 6.54 Å². The third-order valence-electron chi connectivity index (χ3n) is 2.43. The molecular formula is C11H8N2O2. The summed E-state index contributed by atoms with van der Waals surface area (Å²) in [7, 11) is 0. The molecule has 2 heterocycles. The molecule has 0 radical (unpaired) electrons. The van der Waals surface area contributed by atoms with Crippen LogP contribution in [0.25, 0.3) is 10.9 Å². The summed E-state index contributed by atoms with van der Waals surface area (Å²) in [4.78, 5) is 15.3. The highest BCUT2D eigenvalue weighted by molar-refractivity contribution is 5.89. The van der Waals surface area contributed by atoms with E-state index in [0.29, 0.717) is 12.3 Å². The number of carbonyl (C=O) groups is 1. The first-order valence-electron chi connectivity index (χ1n) is 4.67. The topological polar surface area (TPSA) is 51.2 Å². The number of aromatic nitrogens is 1. The molecule has 1 aromatic heterocycles. The Morgan fingerprint density at radius 2 is 2.27 bits per heavy atom. The Balaban J connectivity index is 2.32. The third-order valence-corrected chi connectivity index (χ3v) is 2.43. The molecule has 1 aliphatic rings. The van der Waals surface area contributed by atoms with Gasteiger partial charge in [-0.3, -0.25) is 4.98 Å². The number of hydrogen-bond donors (Lipinski definition) is 1. The van der Waals surface area contributed by atoms with E-state index in [-0.39, 0.29) is 0 Å². The Morgan fingerprint density at radius 1 is 1.33 bits per heavy atom. The fraction of sp³-hybridized carbons (Fsp3) is 0.0909. The van der Waals surface area contributed by atoms with E-state index in [2.05, 4.69) is 10.3 Å². The first-order valence-corrected chi connectivity index (χ1v) is 4.67. The van der Waals surface area contributed by atoms with Crippen LogP contribution in [0.4, 0.5) is 4.79 Å². The standard InChI is InChI=1S/C11H8N2O2/c14-11-13-6-8-4-3-7-2-1-5-12-9(7)10(8)15-11/h1-5H,6H2,(H,13,14). The first kappa shape index (κ1) is 8.23. The van der Waals surface area contributed by atoms with Crippen LogP contribution in [0.15, 0.2) is 30.5 Å². The molecule has 0 fully saturated rings. The van der Waals surface area contributed by atoms with E-state index in [0.717, 1.165) is 16.5 Å². The van der Waals surface area contributed by atoms with E-state index < -0.39 is 6.09 Å². The summed E-state index contributed by atoms with van der Waals surface area (Å²) < 4.78 is 5.13. The second kappa shape index (κ2) is 2.95.